The highest BCUT2D eigenvalue weighted by molar-refractivity contribution is 5.72. The van der Waals surface area contributed by atoms with E-state index in [2.05, 4.69) is 9.97 Å². The topological polar surface area (TPSA) is 169 Å². The number of benzene rings is 1. The number of nitrogens with zero attached hydrogens (tertiary/aromatic N) is 3. The Morgan fingerprint density at radius 1 is 1.34 bits per heavy atom. The van der Waals surface area contributed by atoms with Crippen molar-refractivity contribution in [3.63, 3.8) is 0 Å². The number of aromatic amines is 1. The van der Waals surface area contributed by atoms with Gasteiger partial charge in [0, 0.05) is 0 Å². The molecule has 3 heterocycles. The van der Waals surface area contributed by atoms with Crippen LogP contribution in [0.4, 0.5) is 10.3 Å². The van der Waals surface area contributed by atoms with Crippen LogP contribution in [0.1, 0.15) is 11.8 Å². The van der Waals surface area contributed by atoms with Gasteiger partial charge in [0.2, 0.25) is 5.95 Å². The molecule has 1 aliphatic rings. The zero-order valence-corrected chi connectivity index (χ0v) is 14.9. The maximum atomic E-state index is 14.2. The highest BCUT2D eigenvalue weighted by Crippen LogP contribution is 2.32. The summed E-state index contributed by atoms with van der Waals surface area (Å²) in [5.41, 5.74) is 4.22. The number of fused-ring (bicyclic) bond motifs is 1. The van der Waals surface area contributed by atoms with Crippen molar-refractivity contribution in [1.82, 2.24) is 19.1 Å². The Morgan fingerprint density at radius 3 is 2.76 bits per heavy atom. The van der Waals surface area contributed by atoms with E-state index >= 15 is 0 Å². The van der Waals surface area contributed by atoms with E-state index in [-0.39, 0.29) is 29.4 Å². The molecule has 0 spiro atoms. The monoisotopic (exact) mass is 407 g/mol. The van der Waals surface area contributed by atoms with Crippen LogP contribution in [0.15, 0.2) is 33.9 Å². The fraction of sp³-hybridized carbons (Fsp3) is 0.353. The third-order valence-corrected chi connectivity index (χ3v) is 4.80. The minimum absolute atomic E-state index is 0.0313. The summed E-state index contributed by atoms with van der Waals surface area (Å²) in [6.45, 7) is -0.821. The van der Waals surface area contributed by atoms with Gasteiger partial charge in [-0.1, -0.05) is 12.1 Å². The molecule has 3 aromatic rings. The van der Waals surface area contributed by atoms with Crippen LogP contribution in [0.2, 0.25) is 0 Å². The fourth-order valence-electron chi connectivity index (χ4n) is 3.48. The van der Waals surface area contributed by atoms with Gasteiger partial charge in [0.05, 0.1) is 13.2 Å². The van der Waals surface area contributed by atoms with Gasteiger partial charge in [0.25, 0.3) is 5.56 Å². The van der Waals surface area contributed by atoms with Crippen LogP contribution in [0, 0.1) is 0 Å². The number of nitrogen functional groups attached to an aromatic ring is 1. The molecule has 0 bridgehead atoms. The third kappa shape index (κ3) is 3.06. The first-order valence-corrected chi connectivity index (χ1v) is 8.68. The molecule has 0 radical (unpaired) electrons. The number of phenols is 1. The molecule has 154 valence electrons. The van der Waals surface area contributed by atoms with Crippen LogP contribution in [-0.4, -0.2) is 59.4 Å². The first-order chi connectivity index (χ1) is 13.8. The second-order valence-corrected chi connectivity index (χ2v) is 6.71. The molecule has 1 aliphatic heterocycles. The number of hydrogen-bond donors (Lipinski definition) is 5. The zero-order valence-electron chi connectivity index (χ0n) is 14.9. The number of hydrogen-bond acceptors (Lipinski definition) is 8. The van der Waals surface area contributed by atoms with Crippen molar-refractivity contribution in [2.24, 2.45) is 0 Å². The Bertz CT molecular complexity index is 1190. The lowest BCUT2D eigenvalue weighted by Crippen LogP contribution is -2.34. The molecule has 0 amide bonds. The van der Waals surface area contributed by atoms with Gasteiger partial charge in [-0.25, -0.2) is 13.8 Å². The number of H-pyrrole nitrogens is 1. The number of anilines is 1. The summed E-state index contributed by atoms with van der Waals surface area (Å²) in [7, 11) is 0. The molecule has 0 unspecified atom stereocenters. The van der Waals surface area contributed by atoms with Crippen molar-refractivity contribution in [3.05, 3.63) is 50.7 Å². The number of rotatable bonds is 4. The molecule has 4 atom stereocenters. The van der Waals surface area contributed by atoms with Crippen molar-refractivity contribution in [2.45, 2.75) is 31.2 Å². The van der Waals surface area contributed by atoms with Crippen molar-refractivity contribution >= 4 is 17.1 Å². The number of aliphatic hydroxyl groups is 2. The number of imidazole rings is 1. The van der Waals surface area contributed by atoms with Crippen molar-refractivity contribution in [2.75, 3.05) is 12.3 Å². The van der Waals surface area contributed by atoms with Gasteiger partial charge >= 0.3 is 5.69 Å². The second-order valence-electron chi connectivity index (χ2n) is 6.71. The first-order valence-electron chi connectivity index (χ1n) is 8.68. The molecule has 2 aromatic heterocycles. The Balaban J connectivity index is 1.93. The second kappa shape index (κ2) is 6.99. The average Bonchev–Trinajstić information content (AvgIpc) is 3.09. The highest BCUT2D eigenvalue weighted by atomic mass is 19.1. The maximum Gasteiger partial charge on any atom is 0.333 e. The van der Waals surface area contributed by atoms with Crippen LogP contribution in [0.3, 0.4) is 0 Å². The van der Waals surface area contributed by atoms with Crippen LogP contribution in [0.5, 0.6) is 5.75 Å². The molecule has 1 aromatic carbocycles. The Labute approximate surface area is 161 Å². The highest BCUT2D eigenvalue weighted by Gasteiger charge is 2.46. The van der Waals surface area contributed by atoms with Crippen molar-refractivity contribution < 1.29 is 24.4 Å². The number of aliphatic hydroxyl groups excluding tert-OH is 2. The number of phenolic OH excluding ortho intramolecular Hbond substituents is 1. The summed E-state index contributed by atoms with van der Waals surface area (Å²) in [6, 6.07) is 6.06. The van der Waals surface area contributed by atoms with E-state index in [1.807, 2.05) is 0 Å². The Kier molecular flexibility index (Phi) is 4.61. The standard InChI is InChI=1S/C17H18FN5O6/c18-10-9(6-24)29-15(12(10)26)23-13-11(14(27)21-16(19)20-13)22(17(23)28)5-7-2-1-3-8(25)4-7/h1-4,9-10,12,15,24-26H,5-6H2,(H3,19,20,21,27)/t9-,10-,12-,15-/m1/s1. The summed E-state index contributed by atoms with van der Waals surface area (Å²) in [6.07, 6.45) is -6.57. The van der Waals surface area contributed by atoms with Crippen LogP contribution in [-0.2, 0) is 11.3 Å². The number of aromatic hydroxyl groups is 1. The molecular formula is C17H18FN5O6. The maximum absolute atomic E-state index is 14.2. The van der Waals surface area contributed by atoms with Gasteiger partial charge in [-0.2, -0.15) is 4.98 Å². The van der Waals surface area contributed by atoms with Crippen molar-refractivity contribution in [1.29, 1.82) is 0 Å². The summed E-state index contributed by atoms with van der Waals surface area (Å²) in [5.74, 6) is -0.315. The number of halogens is 1. The molecule has 11 nitrogen and oxygen atoms in total. The van der Waals surface area contributed by atoms with Gasteiger partial charge in [-0.05, 0) is 17.7 Å². The first kappa shape index (κ1) is 19.1. The number of aromatic nitrogens is 4. The van der Waals surface area contributed by atoms with E-state index < -0.39 is 42.5 Å². The van der Waals surface area contributed by atoms with Gasteiger partial charge in [0.15, 0.2) is 23.6 Å². The van der Waals surface area contributed by atoms with Crippen molar-refractivity contribution in [3.8, 4) is 5.75 Å². The van der Waals surface area contributed by atoms with Crippen LogP contribution < -0.4 is 17.0 Å². The molecule has 4 rings (SSSR count). The van der Waals surface area contributed by atoms with E-state index in [9.17, 15) is 29.3 Å². The molecule has 1 saturated heterocycles. The SMILES string of the molecule is Nc1nc2c(c(=O)[nH]1)n(Cc1cccc(O)c1)c(=O)n2[C@@H]1O[C@H](CO)[C@@H](F)[C@H]1O. The largest absolute Gasteiger partial charge is 0.508 e. The summed E-state index contributed by atoms with van der Waals surface area (Å²) < 4.78 is 21.4. The minimum Gasteiger partial charge on any atom is -0.508 e. The van der Waals surface area contributed by atoms with E-state index in [0.29, 0.717) is 5.56 Å². The number of ether oxygens (including phenoxy) is 1. The lowest BCUT2D eigenvalue weighted by molar-refractivity contribution is -0.0513. The minimum atomic E-state index is -1.94. The Morgan fingerprint density at radius 2 is 2.10 bits per heavy atom. The summed E-state index contributed by atoms with van der Waals surface area (Å²) in [4.78, 5) is 31.9. The normalized spacial score (nSPS) is 24.4. The van der Waals surface area contributed by atoms with E-state index in [1.165, 1.54) is 12.1 Å². The number of alkyl halides is 1. The van der Waals surface area contributed by atoms with Gasteiger partial charge in [-0.3, -0.25) is 14.3 Å². The summed E-state index contributed by atoms with van der Waals surface area (Å²) in [5, 5.41) is 29.1. The van der Waals surface area contributed by atoms with Crippen LogP contribution >= 0.6 is 0 Å². The van der Waals surface area contributed by atoms with E-state index in [0.717, 1.165) is 9.13 Å². The van der Waals surface area contributed by atoms with Gasteiger partial charge in [-0.15, -0.1) is 0 Å². The fourth-order valence-corrected chi connectivity index (χ4v) is 3.48. The predicted octanol–water partition coefficient (Wildman–Crippen LogP) is -1.19. The molecular weight excluding hydrogens is 389 g/mol. The zero-order chi connectivity index (χ0) is 20.9. The average molecular weight is 407 g/mol. The summed E-state index contributed by atoms with van der Waals surface area (Å²) >= 11 is 0. The van der Waals surface area contributed by atoms with Gasteiger partial charge < -0.3 is 25.8 Å². The quantitative estimate of drug-likeness (QED) is 0.360. The molecule has 1 fully saturated rings. The predicted molar refractivity (Wildman–Crippen MR) is 98.1 cm³/mol. The van der Waals surface area contributed by atoms with Gasteiger partial charge in [0.1, 0.15) is 18.0 Å². The third-order valence-electron chi connectivity index (χ3n) is 4.80. The molecule has 12 heteroatoms. The lowest BCUT2D eigenvalue weighted by Gasteiger charge is -2.15. The van der Waals surface area contributed by atoms with E-state index in [4.69, 9.17) is 10.5 Å². The molecule has 0 aliphatic carbocycles. The van der Waals surface area contributed by atoms with E-state index in [1.54, 1.807) is 12.1 Å². The molecule has 6 N–H and O–H groups in total. The smallest absolute Gasteiger partial charge is 0.333 e. The Hall–Kier alpha value is -3.22. The lowest BCUT2D eigenvalue weighted by atomic mass is 10.1. The van der Waals surface area contributed by atoms with Crippen LogP contribution in [0.25, 0.3) is 11.2 Å². The number of nitrogens with one attached hydrogen (secondary N) is 1. The molecule has 0 saturated carbocycles. The number of nitrogens with two attached hydrogens (primary N) is 1. The molecule has 29 heavy (non-hydrogen) atoms.